The van der Waals surface area contributed by atoms with E-state index in [4.69, 9.17) is 4.84 Å². The molecule has 0 aromatic heterocycles. The van der Waals surface area contributed by atoms with Crippen molar-refractivity contribution in [3.05, 3.63) is 53.4 Å². The van der Waals surface area contributed by atoms with E-state index in [1.54, 1.807) is 0 Å². The predicted molar refractivity (Wildman–Crippen MR) is 121 cm³/mol. The summed E-state index contributed by atoms with van der Waals surface area (Å²) in [5.41, 5.74) is 7.49. The van der Waals surface area contributed by atoms with Gasteiger partial charge < -0.3 is 10.6 Å². The Balaban J connectivity index is 1.39. The average molecular weight is 396 g/mol. The van der Waals surface area contributed by atoms with Crippen LogP contribution in [0.15, 0.2) is 42.2 Å². The summed E-state index contributed by atoms with van der Waals surface area (Å²) in [6.07, 6.45) is 16.7. The number of hydrogen-bond donors (Lipinski definition) is 3. The molecule has 2 saturated carbocycles. The maximum Gasteiger partial charge on any atom is 0.0991 e. The molecule has 2 aliphatic carbocycles. The van der Waals surface area contributed by atoms with E-state index in [-0.39, 0.29) is 0 Å². The van der Waals surface area contributed by atoms with Crippen LogP contribution in [0.3, 0.4) is 0 Å². The normalized spacial score (nSPS) is 25.1. The molecule has 1 aromatic rings. The van der Waals surface area contributed by atoms with Crippen LogP contribution in [-0.2, 0) is 10.3 Å². The molecule has 158 valence electrons. The van der Waals surface area contributed by atoms with Crippen molar-refractivity contribution >= 4 is 5.69 Å². The molecule has 0 radical (unpaired) electrons. The topological polar surface area (TPSA) is 45.3 Å². The van der Waals surface area contributed by atoms with Crippen LogP contribution in [0.2, 0.25) is 0 Å². The van der Waals surface area contributed by atoms with Crippen LogP contribution in [0.1, 0.15) is 69.4 Å². The first kappa shape index (κ1) is 20.3. The number of dihydropyridines is 1. The summed E-state index contributed by atoms with van der Waals surface area (Å²) >= 11 is 0. The molecule has 2 fully saturated rings. The Labute approximate surface area is 176 Å². The Bertz CT molecular complexity index is 750. The van der Waals surface area contributed by atoms with Crippen molar-refractivity contribution in [1.82, 2.24) is 10.6 Å². The Morgan fingerprint density at radius 2 is 2.14 bits per heavy atom. The van der Waals surface area contributed by atoms with E-state index < -0.39 is 0 Å². The lowest BCUT2D eigenvalue weighted by Crippen LogP contribution is -2.41. The van der Waals surface area contributed by atoms with Crippen LogP contribution < -0.4 is 16.1 Å². The number of nitrogens with one attached hydrogen (secondary N) is 3. The van der Waals surface area contributed by atoms with E-state index in [9.17, 15) is 0 Å². The number of benzene rings is 1. The predicted octanol–water partition coefficient (Wildman–Crippen LogP) is 5.32. The van der Waals surface area contributed by atoms with E-state index in [1.807, 2.05) is 0 Å². The zero-order chi connectivity index (χ0) is 20.1. The second-order valence-corrected chi connectivity index (χ2v) is 9.08. The summed E-state index contributed by atoms with van der Waals surface area (Å²) in [6.45, 7) is 6.08. The monoisotopic (exact) mass is 395 g/mol. The zero-order valence-corrected chi connectivity index (χ0v) is 18.1. The van der Waals surface area contributed by atoms with Crippen LogP contribution >= 0.6 is 0 Å². The molecule has 2 atom stereocenters. The highest BCUT2D eigenvalue weighted by Gasteiger charge is 2.51. The van der Waals surface area contributed by atoms with Gasteiger partial charge in [0.1, 0.15) is 0 Å². The van der Waals surface area contributed by atoms with Crippen molar-refractivity contribution in [2.75, 3.05) is 18.6 Å². The van der Waals surface area contributed by atoms with Crippen LogP contribution in [0, 0.1) is 12.8 Å². The second-order valence-electron chi connectivity index (χ2n) is 9.08. The van der Waals surface area contributed by atoms with Crippen molar-refractivity contribution < 1.29 is 4.84 Å². The number of hydrogen-bond acceptors (Lipinski definition) is 4. The summed E-state index contributed by atoms with van der Waals surface area (Å²) in [4.78, 5) is 5.61. The largest absolute Gasteiger partial charge is 0.369 e. The van der Waals surface area contributed by atoms with E-state index in [2.05, 4.69) is 66.4 Å². The highest BCUT2D eigenvalue weighted by atomic mass is 16.6. The lowest BCUT2D eigenvalue weighted by molar-refractivity contribution is 0.189. The van der Waals surface area contributed by atoms with Crippen molar-refractivity contribution in [3.63, 3.8) is 0 Å². The summed E-state index contributed by atoms with van der Waals surface area (Å²) in [5.74, 6) is 1.98. The molecule has 0 bridgehead atoms. The van der Waals surface area contributed by atoms with Crippen LogP contribution in [0.25, 0.3) is 0 Å². The minimum atomic E-state index is 0.404. The van der Waals surface area contributed by atoms with E-state index >= 15 is 0 Å². The quantitative estimate of drug-likeness (QED) is 0.391. The number of unbranched alkanes of at least 4 members (excludes halogenated alkanes) is 1. The van der Waals surface area contributed by atoms with Gasteiger partial charge in [0.05, 0.1) is 18.1 Å². The molecule has 3 N–H and O–H groups in total. The maximum atomic E-state index is 5.61. The van der Waals surface area contributed by atoms with Crippen LogP contribution in [-0.4, -0.2) is 19.2 Å². The SMILES string of the molecule is CCCCONc1ccc(C2(C3CCCC(NC4=CC=CCN4)C3)CC2)cc1C. The highest BCUT2D eigenvalue weighted by Crippen LogP contribution is 2.58. The van der Waals surface area contributed by atoms with Gasteiger partial charge in [0.15, 0.2) is 0 Å². The number of rotatable bonds is 9. The summed E-state index contributed by atoms with van der Waals surface area (Å²) in [7, 11) is 0. The van der Waals surface area contributed by atoms with Gasteiger partial charge in [0.25, 0.3) is 0 Å². The van der Waals surface area contributed by atoms with Crippen molar-refractivity contribution in [2.24, 2.45) is 5.92 Å². The molecule has 4 heteroatoms. The first-order valence-electron chi connectivity index (χ1n) is 11.6. The van der Waals surface area contributed by atoms with Gasteiger partial charge in [-0.05, 0) is 80.1 Å². The molecule has 2 unspecified atom stereocenters. The first-order chi connectivity index (χ1) is 14.2. The lowest BCUT2D eigenvalue weighted by atomic mass is 9.72. The van der Waals surface area contributed by atoms with Crippen molar-refractivity contribution in [2.45, 2.75) is 76.7 Å². The molecule has 1 heterocycles. The van der Waals surface area contributed by atoms with Gasteiger partial charge in [-0.15, -0.1) is 0 Å². The number of allylic oxidation sites excluding steroid dienone is 2. The molecule has 1 aromatic carbocycles. The molecule has 4 rings (SSSR count). The summed E-state index contributed by atoms with van der Waals surface area (Å²) in [5, 5.41) is 7.22. The molecule has 29 heavy (non-hydrogen) atoms. The van der Waals surface area contributed by atoms with Crippen LogP contribution in [0.5, 0.6) is 0 Å². The van der Waals surface area contributed by atoms with Gasteiger partial charge in [0.2, 0.25) is 0 Å². The number of aryl methyl sites for hydroxylation is 1. The third kappa shape index (κ3) is 4.80. The Hall–Kier alpha value is -1.94. The minimum absolute atomic E-state index is 0.404. The maximum absolute atomic E-state index is 5.61. The summed E-state index contributed by atoms with van der Waals surface area (Å²) in [6, 6.07) is 7.56. The molecule has 0 saturated heterocycles. The molecule has 0 spiro atoms. The standard InChI is InChI=1S/C25H37N3O/c1-3-4-16-29-28-23-12-11-21(17-19(23)2)25(13-14-25)20-8-7-9-22(18-20)27-24-10-5-6-15-26-24/h5-6,10-12,17,20,22,26-28H,3-4,7-9,13-16,18H2,1-2H3. The smallest absolute Gasteiger partial charge is 0.0991 e. The highest BCUT2D eigenvalue weighted by molar-refractivity contribution is 5.52. The second kappa shape index (κ2) is 9.25. The van der Waals surface area contributed by atoms with Gasteiger partial charge in [-0.3, -0.25) is 10.3 Å². The Morgan fingerprint density at radius 3 is 2.86 bits per heavy atom. The molecular formula is C25H37N3O. The van der Waals surface area contributed by atoms with Crippen molar-refractivity contribution in [1.29, 1.82) is 0 Å². The van der Waals surface area contributed by atoms with Crippen LogP contribution in [0.4, 0.5) is 5.69 Å². The Kier molecular flexibility index (Phi) is 6.49. The zero-order valence-electron chi connectivity index (χ0n) is 18.1. The van der Waals surface area contributed by atoms with E-state index in [0.29, 0.717) is 11.5 Å². The fraction of sp³-hybridized carbons (Fsp3) is 0.600. The van der Waals surface area contributed by atoms with Gasteiger partial charge in [-0.25, -0.2) is 0 Å². The number of anilines is 1. The first-order valence-corrected chi connectivity index (χ1v) is 11.6. The van der Waals surface area contributed by atoms with Gasteiger partial charge >= 0.3 is 0 Å². The van der Waals surface area contributed by atoms with Crippen molar-refractivity contribution in [3.8, 4) is 0 Å². The average Bonchev–Trinajstić information content (AvgIpc) is 3.55. The van der Waals surface area contributed by atoms with Gasteiger partial charge in [-0.1, -0.05) is 44.1 Å². The van der Waals surface area contributed by atoms with E-state index in [0.717, 1.165) is 37.6 Å². The summed E-state index contributed by atoms with van der Waals surface area (Å²) < 4.78 is 0. The molecule has 4 nitrogen and oxygen atoms in total. The molecule has 3 aliphatic rings. The Morgan fingerprint density at radius 1 is 1.24 bits per heavy atom. The third-order valence-electron chi connectivity index (χ3n) is 7.00. The minimum Gasteiger partial charge on any atom is -0.369 e. The van der Waals surface area contributed by atoms with E-state index in [1.165, 1.54) is 55.5 Å². The lowest BCUT2D eigenvalue weighted by Gasteiger charge is -2.37. The fourth-order valence-corrected chi connectivity index (χ4v) is 5.10. The fourth-order valence-electron chi connectivity index (χ4n) is 5.10. The molecular weight excluding hydrogens is 358 g/mol. The van der Waals surface area contributed by atoms with Gasteiger partial charge in [-0.2, -0.15) is 0 Å². The molecule has 1 aliphatic heterocycles. The third-order valence-corrected chi connectivity index (χ3v) is 7.00. The van der Waals surface area contributed by atoms with Gasteiger partial charge in [0, 0.05) is 12.6 Å². The molecule has 0 amide bonds.